The van der Waals surface area contributed by atoms with Gasteiger partial charge in [-0.2, -0.15) is 0 Å². The third-order valence-electron chi connectivity index (χ3n) is 3.76. The second-order valence-electron chi connectivity index (χ2n) is 5.94. The number of nitrogens with zero attached hydrogens (tertiary/aromatic N) is 2. The lowest BCUT2D eigenvalue weighted by Crippen LogP contribution is -2.65. The molecule has 1 fully saturated rings. The van der Waals surface area contributed by atoms with Crippen molar-refractivity contribution in [1.29, 1.82) is 0 Å². The van der Waals surface area contributed by atoms with E-state index in [-0.39, 0.29) is 13.0 Å². The van der Waals surface area contributed by atoms with Gasteiger partial charge in [-0.15, -0.1) is 0 Å². The molecule has 0 aromatic rings. The Hall–Kier alpha value is -0.160. The Morgan fingerprint density at radius 1 is 1.06 bits per heavy atom. The molecular weight excluding hydrogens is 228 g/mol. The second-order valence-corrected chi connectivity index (χ2v) is 5.94. The molecule has 1 aliphatic rings. The third-order valence-corrected chi connectivity index (χ3v) is 3.76. The molecular formula is C14H30N2O2. The monoisotopic (exact) mass is 258 g/mol. The summed E-state index contributed by atoms with van der Waals surface area (Å²) in [6, 6.07) is 1.91. The van der Waals surface area contributed by atoms with E-state index in [2.05, 4.69) is 51.3 Å². The molecule has 0 saturated carbocycles. The van der Waals surface area contributed by atoms with Crippen LogP contribution >= 0.6 is 0 Å². The van der Waals surface area contributed by atoms with Gasteiger partial charge in [-0.25, -0.2) is 0 Å². The second kappa shape index (κ2) is 6.85. The van der Waals surface area contributed by atoms with Crippen molar-refractivity contribution < 1.29 is 9.84 Å². The lowest BCUT2D eigenvalue weighted by atomic mass is 10.0. The van der Waals surface area contributed by atoms with Gasteiger partial charge in [0, 0.05) is 24.2 Å². The van der Waals surface area contributed by atoms with E-state index in [1.807, 2.05) is 0 Å². The van der Waals surface area contributed by atoms with E-state index in [4.69, 9.17) is 9.84 Å². The quantitative estimate of drug-likeness (QED) is 0.817. The SMILES string of the molecule is CC(C)N1C(C)CC(C)N(C(C)C)C1OCCO. The maximum atomic E-state index is 9.02. The van der Waals surface area contributed by atoms with Gasteiger partial charge in [0.15, 0.2) is 6.35 Å². The van der Waals surface area contributed by atoms with Crippen LogP contribution in [0.5, 0.6) is 0 Å². The summed E-state index contributed by atoms with van der Waals surface area (Å²) in [5, 5.41) is 9.02. The number of ether oxygens (including phenoxy) is 1. The molecule has 4 nitrogen and oxygen atoms in total. The number of hydrogen-bond donors (Lipinski definition) is 1. The van der Waals surface area contributed by atoms with Crippen LogP contribution in [0.25, 0.3) is 0 Å². The molecule has 0 spiro atoms. The van der Waals surface area contributed by atoms with Crippen LogP contribution in [-0.2, 0) is 4.74 Å². The highest BCUT2D eigenvalue weighted by Crippen LogP contribution is 2.29. The van der Waals surface area contributed by atoms with Gasteiger partial charge in [0.05, 0.1) is 13.2 Å². The van der Waals surface area contributed by atoms with Crippen molar-refractivity contribution in [3.63, 3.8) is 0 Å². The zero-order valence-electron chi connectivity index (χ0n) is 12.8. The molecule has 0 aromatic heterocycles. The molecule has 4 heteroatoms. The van der Waals surface area contributed by atoms with Crippen LogP contribution in [0.15, 0.2) is 0 Å². The fourth-order valence-electron chi connectivity index (χ4n) is 3.18. The van der Waals surface area contributed by atoms with E-state index in [9.17, 15) is 0 Å². The summed E-state index contributed by atoms with van der Waals surface area (Å²) in [5.74, 6) is 0. The van der Waals surface area contributed by atoms with Crippen molar-refractivity contribution in [2.75, 3.05) is 13.2 Å². The Labute approximate surface area is 112 Å². The van der Waals surface area contributed by atoms with Crippen LogP contribution in [0.2, 0.25) is 0 Å². The lowest BCUT2D eigenvalue weighted by molar-refractivity contribution is -0.225. The lowest BCUT2D eigenvalue weighted by Gasteiger charge is -2.53. The maximum absolute atomic E-state index is 9.02. The normalized spacial score (nSPS) is 31.5. The Morgan fingerprint density at radius 3 is 1.83 bits per heavy atom. The topological polar surface area (TPSA) is 35.9 Å². The summed E-state index contributed by atoms with van der Waals surface area (Å²) in [6.07, 6.45) is 1.14. The zero-order chi connectivity index (χ0) is 13.9. The first-order chi connectivity index (χ1) is 8.40. The molecule has 1 N–H and O–H groups in total. The predicted molar refractivity (Wildman–Crippen MR) is 74.3 cm³/mol. The van der Waals surface area contributed by atoms with E-state index >= 15 is 0 Å². The molecule has 1 aliphatic heterocycles. The van der Waals surface area contributed by atoms with Gasteiger partial charge in [-0.3, -0.25) is 9.80 Å². The van der Waals surface area contributed by atoms with E-state index in [1.165, 1.54) is 0 Å². The highest BCUT2D eigenvalue weighted by atomic mass is 16.5. The summed E-state index contributed by atoms with van der Waals surface area (Å²) in [5.41, 5.74) is 0. The van der Waals surface area contributed by atoms with E-state index in [0.717, 1.165) is 6.42 Å². The molecule has 1 saturated heterocycles. The summed E-state index contributed by atoms with van der Waals surface area (Å²) >= 11 is 0. The van der Waals surface area contributed by atoms with Crippen LogP contribution in [0, 0.1) is 0 Å². The van der Waals surface area contributed by atoms with Gasteiger partial charge in [-0.1, -0.05) is 0 Å². The molecule has 18 heavy (non-hydrogen) atoms. The zero-order valence-corrected chi connectivity index (χ0v) is 12.8. The number of aliphatic hydroxyl groups is 1. The molecule has 0 aromatic carbocycles. The van der Waals surface area contributed by atoms with Crippen molar-refractivity contribution in [3.8, 4) is 0 Å². The van der Waals surface area contributed by atoms with Gasteiger partial charge >= 0.3 is 0 Å². The molecule has 1 heterocycles. The van der Waals surface area contributed by atoms with Crippen molar-refractivity contribution in [1.82, 2.24) is 9.80 Å². The highest BCUT2D eigenvalue weighted by Gasteiger charge is 2.40. The Morgan fingerprint density at radius 2 is 1.50 bits per heavy atom. The number of hydrogen-bond acceptors (Lipinski definition) is 4. The van der Waals surface area contributed by atoms with Crippen LogP contribution in [0.4, 0.5) is 0 Å². The van der Waals surface area contributed by atoms with Gasteiger partial charge in [0.1, 0.15) is 0 Å². The van der Waals surface area contributed by atoms with E-state index in [0.29, 0.717) is 30.8 Å². The molecule has 1 rings (SSSR count). The summed E-state index contributed by atoms with van der Waals surface area (Å²) in [4.78, 5) is 4.82. The average Bonchev–Trinajstić information content (AvgIpc) is 2.23. The summed E-state index contributed by atoms with van der Waals surface area (Å²) < 4.78 is 5.92. The van der Waals surface area contributed by atoms with Crippen LogP contribution < -0.4 is 0 Å². The standard InChI is InChI=1S/C14H30N2O2/c1-10(2)15-12(5)9-13(6)16(11(3)4)14(15)18-8-7-17/h10-14,17H,7-9H2,1-6H3. The summed E-state index contributed by atoms with van der Waals surface area (Å²) in [6.45, 7) is 13.8. The average molecular weight is 258 g/mol. The minimum Gasteiger partial charge on any atom is -0.394 e. The molecule has 108 valence electrons. The van der Waals surface area contributed by atoms with Crippen molar-refractivity contribution in [2.45, 2.75) is 78.5 Å². The fraction of sp³-hybridized carbons (Fsp3) is 1.00. The predicted octanol–water partition coefficient (Wildman–Crippen LogP) is 1.88. The van der Waals surface area contributed by atoms with Crippen molar-refractivity contribution in [2.24, 2.45) is 0 Å². The molecule has 0 amide bonds. The van der Waals surface area contributed by atoms with Crippen molar-refractivity contribution in [3.05, 3.63) is 0 Å². The molecule has 0 bridgehead atoms. The molecule has 0 radical (unpaired) electrons. The van der Waals surface area contributed by atoms with Gasteiger partial charge in [0.25, 0.3) is 0 Å². The third kappa shape index (κ3) is 3.44. The number of aliphatic hydroxyl groups excluding tert-OH is 1. The summed E-state index contributed by atoms with van der Waals surface area (Å²) in [7, 11) is 0. The fourth-order valence-corrected chi connectivity index (χ4v) is 3.18. The van der Waals surface area contributed by atoms with Crippen molar-refractivity contribution >= 4 is 0 Å². The minimum atomic E-state index is -0.0177. The first kappa shape index (κ1) is 15.9. The first-order valence-electron chi connectivity index (χ1n) is 7.17. The number of rotatable bonds is 5. The highest BCUT2D eigenvalue weighted by molar-refractivity contribution is 4.88. The Balaban J connectivity index is 2.92. The van der Waals surface area contributed by atoms with Crippen LogP contribution in [0.3, 0.4) is 0 Å². The Bertz CT molecular complexity index is 226. The van der Waals surface area contributed by atoms with Gasteiger partial charge < -0.3 is 9.84 Å². The maximum Gasteiger partial charge on any atom is 0.169 e. The first-order valence-corrected chi connectivity index (χ1v) is 7.17. The van der Waals surface area contributed by atoms with Crippen LogP contribution in [-0.4, -0.2) is 58.6 Å². The molecule has 0 aliphatic carbocycles. The minimum absolute atomic E-state index is 0.0177. The Kier molecular flexibility index (Phi) is 6.05. The van der Waals surface area contributed by atoms with Gasteiger partial charge in [0.2, 0.25) is 0 Å². The van der Waals surface area contributed by atoms with Crippen LogP contribution in [0.1, 0.15) is 48.0 Å². The largest absolute Gasteiger partial charge is 0.394 e. The molecule has 2 unspecified atom stereocenters. The van der Waals surface area contributed by atoms with E-state index < -0.39 is 0 Å². The van der Waals surface area contributed by atoms with E-state index in [1.54, 1.807) is 0 Å². The van der Waals surface area contributed by atoms with Gasteiger partial charge in [-0.05, 0) is 48.0 Å². The molecule has 2 atom stereocenters. The smallest absolute Gasteiger partial charge is 0.169 e.